The SMILES string of the molecule is COc1ccc(F)c(NC(C)CC2CCC2)c1. The van der Waals surface area contributed by atoms with Gasteiger partial charge < -0.3 is 10.1 Å². The van der Waals surface area contributed by atoms with Crippen molar-refractivity contribution in [3.63, 3.8) is 0 Å². The highest BCUT2D eigenvalue weighted by molar-refractivity contribution is 5.50. The van der Waals surface area contributed by atoms with Crippen LogP contribution in [0, 0.1) is 11.7 Å². The van der Waals surface area contributed by atoms with Crippen LogP contribution in [0.3, 0.4) is 0 Å². The van der Waals surface area contributed by atoms with Crippen molar-refractivity contribution in [2.24, 2.45) is 5.92 Å². The molecule has 3 heteroatoms. The molecule has 1 aromatic carbocycles. The van der Waals surface area contributed by atoms with Crippen LogP contribution in [-0.4, -0.2) is 13.2 Å². The molecule has 1 unspecified atom stereocenters. The van der Waals surface area contributed by atoms with Crippen molar-refractivity contribution in [3.8, 4) is 5.75 Å². The molecule has 0 saturated heterocycles. The molecule has 1 N–H and O–H groups in total. The highest BCUT2D eigenvalue weighted by Gasteiger charge is 2.20. The topological polar surface area (TPSA) is 21.3 Å². The number of nitrogens with one attached hydrogen (secondary N) is 1. The molecule has 0 bridgehead atoms. The first-order chi connectivity index (χ1) is 8.19. The summed E-state index contributed by atoms with van der Waals surface area (Å²) in [6.07, 6.45) is 5.13. The van der Waals surface area contributed by atoms with Crippen LogP contribution in [0.15, 0.2) is 18.2 Å². The molecule has 0 aromatic heterocycles. The maximum Gasteiger partial charge on any atom is 0.146 e. The Morgan fingerprint density at radius 2 is 2.24 bits per heavy atom. The maximum absolute atomic E-state index is 13.6. The molecule has 1 fully saturated rings. The van der Waals surface area contributed by atoms with Gasteiger partial charge >= 0.3 is 0 Å². The third-order valence-corrected chi connectivity index (χ3v) is 3.49. The fourth-order valence-electron chi connectivity index (χ4n) is 2.29. The number of hydrogen-bond acceptors (Lipinski definition) is 2. The molecule has 1 aliphatic rings. The Morgan fingerprint density at radius 3 is 2.82 bits per heavy atom. The average molecular weight is 237 g/mol. The first-order valence-corrected chi connectivity index (χ1v) is 6.29. The van der Waals surface area contributed by atoms with E-state index in [0.29, 0.717) is 17.5 Å². The Bertz CT molecular complexity index is 376. The van der Waals surface area contributed by atoms with E-state index in [4.69, 9.17) is 4.74 Å². The normalized spacial score (nSPS) is 17.4. The average Bonchev–Trinajstić information content (AvgIpc) is 2.27. The number of benzene rings is 1. The van der Waals surface area contributed by atoms with Gasteiger partial charge in [0, 0.05) is 12.1 Å². The predicted octanol–water partition coefficient (Wildman–Crippen LogP) is 3.82. The van der Waals surface area contributed by atoms with E-state index >= 15 is 0 Å². The third kappa shape index (κ3) is 3.11. The zero-order chi connectivity index (χ0) is 12.3. The summed E-state index contributed by atoms with van der Waals surface area (Å²) >= 11 is 0. The molecule has 2 rings (SSSR count). The summed E-state index contributed by atoms with van der Waals surface area (Å²) in [6.45, 7) is 2.11. The molecule has 1 saturated carbocycles. The molecule has 0 amide bonds. The molecule has 0 heterocycles. The smallest absolute Gasteiger partial charge is 0.146 e. The largest absolute Gasteiger partial charge is 0.497 e. The van der Waals surface area contributed by atoms with Gasteiger partial charge in [0.25, 0.3) is 0 Å². The van der Waals surface area contributed by atoms with Crippen LogP contribution in [0.5, 0.6) is 5.75 Å². The summed E-state index contributed by atoms with van der Waals surface area (Å²) in [5.74, 6) is 1.29. The molecule has 0 spiro atoms. The van der Waals surface area contributed by atoms with E-state index in [9.17, 15) is 4.39 Å². The lowest BCUT2D eigenvalue weighted by atomic mass is 9.81. The van der Waals surface area contributed by atoms with Crippen LogP contribution in [0.1, 0.15) is 32.6 Å². The molecular formula is C14H20FNO. The van der Waals surface area contributed by atoms with Crippen LogP contribution in [0.2, 0.25) is 0 Å². The van der Waals surface area contributed by atoms with Gasteiger partial charge in [0.15, 0.2) is 0 Å². The number of hydrogen-bond donors (Lipinski definition) is 1. The maximum atomic E-state index is 13.6. The molecule has 1 aliphatic carbocycles. The van der Waals surface area contributed by atoms with Gasteiger partial charge in [-0.05, 0) is 31.4 Å². The number of methoxy groups -OCH3 is 1. The fourth-order valence-corrected chi connectivity index (χ4v) is 2.29. The quantitative estimate of drug-likeness (QED) is 0.840. The molecule has 94 valence electrons. The van der Waals surface area contributed by atoms with Crippen molar-refractivity contribution in [1.82, 2.24) is 0 Å². The van der Waals surface area contributed by atoms with Gasteiger partial charge in [-0.1, -0.05) is 19.3 Å². The van der Waals surface area contributed by atoms with Crippen molar-refractivity contribution >= 4 is 5.69 Å². The van der Waals surface area contributed by atoms with Crippen LogP contribution in [0.4, 0.5) is 10.1 Å². The van der Waals surface area contributed by atoms with E-state index in [2.05, 4.69) is 12.2 Å². The van der Waals surface area contributed by atoms with Crippen LogP contribution >= 0.6 is 0 Å². The minimum absolute atomic E-state index is 0.216. The van der Waals surface area contributed by atoms with Crippen LogP contribution in [-0.2, 0) is 0 Å². The Hall–Kier alpha value is -1.25. The molecular weight excluding hydrogens is 217 g/mol. The van der Waals surface area contributed by atoms with Gasteiger partial charge in [-0.2, -0.15) is 0 Å². The fraction of sp³-hybridized carbons (Fsp3) is 0.571. The van der Waals surface area contributed by atoms with E-state index in [1.807, 2.05) is 0 Å². The highest BCUT2D eigenvalue weighted by atomic mass is 19.1. The molecule has 1 aromatic rings. The Kier molecular flexibility index (Phi) is 3.87. The zero-order valence-corrected chi connectivity index (χ0v) is 10.5. The summed E-state index contributed by atoms with van der Waals surface area (Å²) in [5.41, 5.74) is 0.538. The second kappa shape index (κ2) is 5.39. The molecule has 0 radical (unpaired) electrons. The van der Waals surface area contributed by atoms with Gasteiger partial charge in [0.1, 0.15) is 11.6 Å². The summed E-state index contributed by atoms with van der Waals surface area (Å²) in [7, 11) is 1.59. The minimum Gasteiger partial charge on any atom is -0.497 e. The van der Waals surface area contributed by atoms with Crippen LogP contribution in [0.25, 0.3) is 0 Å². The Morgan fingerprint density at radius 1 is 1.47 bits per heavy atom. The summed E-state index contributed by atoms with van der Waals surface area (Å²) in [4.78, 5) is 0. The van der Waals surface area contributed by atoms with E-state index in [1.54, 1.807) is 19.2 Å². The van der Waals surface area contributed by atoms with Crippen molar-refractivity contribution < 1.29 is 9.13 Å². The van der Waals surface area contributed by atoms with E-state index in [0.717, 1.165) is 12.3 Å². The van der Waals surface area contributed by atoms with Crippen LogP contribution < -0.4 is 10.1 Å². The lowest BCUT2D eigenvalue weighted by molar-refractivity contribution is 0.285. The van der Waals surface area contributed by atoms with Gasteiger partial charge in [0.2, 0.25) is 0 Å². The summed E-state index contributed by atoms with van der Waals surface area (Å²) in [6, 6.07) is 5.10. The highest BCUT2D eigenvalue weighted by Crippen LogP contribution is 2.31. The first kappa shape index (κ1) is 12.2. The molecule has 1 atom stereocenters. The number of rotatable bonds is 5. The number of anilines is 1. The lowest BCUT2D eigenvalue weighted by Gasteiger charge is -2.29. The minimum atomic E-state index is -0.216. The number of halogens is 1. The standard InChI is InChI=1S/C14H20FNO/c1-10(8-11-4-3-5-11)16-14-9-12(17-2)6-7-13(14)15/h6-7,9-11,16H,3-5,8H2,1-2H3. The Balaban J connectivity index is 1.96. The van der Waals surface area contributed by atoms with Gasteiger partial charge in [-0.25, -0.2) is 4.39 Å². The predicted molar refractivity (Wildman–Crippen MR) is 68.0 cm³/mol. The van der Waals surface area contributed by atoms with Crippen molar-refractivity contribution in [2.45, 2.75) is 38.6 Å². The van der Waals surface area contributed by atoms with Crippen molar-refractivity contribution in [3.05, 3.63) is 24.0 Å². The lowest BCUT2D eigenvalue weighted by Crippen LogP contribution is -2.23. The van der Waals surface area contributed by atoms with Gasteiger partial charge in [0.05, 0.1) is 12.8 Å². The second-order valence-electron chi connectivity index (χ2n) is 4.92. The molecule has 2 nitrogen and oxygen atoms in total. The third-order valence-electron chi connectivity index (χ3n) is 3.49. The summed E-state index contributed by atoms with van der Waals surface area (Å²) < 4.78 is 18.7. The van der Waals surface area contributed by atoms with E-state index in [1.165, 1.54) is 25.3 Å². The summed E-state index contributed by atoms with van der Waals surface area (Å²) in [5, 5.41) is 3.23. The van der Waals surface area contributed by atoms with Crippen molar-refractivity contribution in [2.75, 3.05) is 12.4 Å². The molecule has 0 aliphatic heterocycles. The molecule has 17 heavy (non-hydrogen) atoms. The monoisotopic (exact) mass is 237 g/mol. The second-order valence-corrected chi connectivity index (χ2v) is 4.92. The number of ether oxygens (including phenoxy) is 1. The zero-order valence-electron chi connectivity index (χ0n) is 10.5. The van der Waals surface area contributed by atoms with Gasteiger partial charge in [-0.15, -0.1) is 0 Å². The Labute approximate surface area is 102 Å². The van der Waals surface area contributed by atoms with Crippen molar-refractivity contribution in [1.29, 1.82) is 0 Å². The van der Waals surface area contributed by atoms with E-state index < -0.39 is 0 Å². The van der Waals surface area contributed by atoms with E-state index in [-0.39, 0.29) is 5.82 Å². The van der Waals surface area contributed by atoms with Gasteiger partial charge in [-0.3, -0.25) is 0 Å². The first-order valence-electron chi connectivity index (χ1n) is 6.29.